The van der Waals surface area contributed by atoms with E-state index in [1.165, 1.54) is 24.3 Å². The molecule has 0 aliphatic carbocycles. The molecule has 1 amide bonds. The third-order valence-corrected chi connectivity index (χ3v) is 5.06. The van der Waals surface area contributed by atoms with Crippen molar-refractivity contribution in [3.05, 3.63) is 77.1 Å². The van der Waals surface area contributed by atoms with Gasteiger partial charge < -0.3 is 15.8 Å². The van der Waals surface area contributed by atoms with E-state index < -0.39 is 42.1 Å². The standard InChI is InChI=1S/C21H17F6N3O2.C4H9NO/c1-2-13-6-5-8-15(10-13)30-16(11-18(29-30)20(22,23)24)19(31)28-12-14-7-3-4-9-17(14)32-21(25,26)27;1-2-4(6)3-5/h3-11H,2,12H2,1H3,(H,28,31);2-3,5H2,1H3. The average molecular weight is 544 g/mol. The van der Waals surface area contributed by atoms with Gasteiger partial charge in [-0.25, -0.2) is 4.68 Å². The second-order valence-electron chi connectivity index (χ2n) is 7.78. The highest BCUT2D eigenvalue weighted by Gasteiger charge is 2.36. The number of nitrogens with two attached hydrogens (primary N) is 1. The molecule has 0 atom stereocenters. The Bertz CT molecular complexity index is 1230. The van der Waals surface area contributed by atoms with Crippen molar-refractivity contribution in [2.45, 2.75) is 45.8 Å². The van der Waals surface area contributed by atoms with Gasteiger partial charge >= 0.3 is 12.5 Å². The first-order valence-electron chi connectivity index (χ1n) is 11.4. The molecule has 3 rings (SSSR count). The molecular weight excluding hydrogens is 518 g/mol. The first-order chi connectivity index (χ1) is 17.8. The molecule has 0 fully saturated rings. The Labute approximate surface area is 214 Å². The minimum absolute atomic E-state index is 0.00624. The number of aryl methyl sites for hydroxylation is 1. The highest BCUT2D eigenvalue weighted by Crippen LogP contribution is 2.30. The lowest BCUT2D eigenvalue weighted by molar-refractivity contribution is -0.274. The molecule has 3 N–H and O–H groups in total. The van der Waals surface area contributed by atoms with Crippen LogP contribution in [0.3, 0.4) is 0 Å². The second-order valence-corrected chi connectivity index (χ2v) is 7.78. The summed E-state index contributed by atoms with van der Waals surface area (Å²) >= 11 is 0. The molecule has 1 aromatic heterocycles. The minimum Gasteiger partial charge on any atom is -0.405 e. The third kappa shape index (κ3) is 8.91. The van der Waals surface area contributed by atoms with Gasteiger partial charge in [-0.3, -0.25) is 9.59 Å². The van der Waals surface area contributed by atoms with Crippen LogP contribution >= 0.6 is 0 Å². The van der Waals surface area contributed by atoms with Crippen LogP contribution in [0.25, 0.3) is 5.69 Å². The maximum absolute atomic E-state index is 13.2. The molecule has 1 heterocycles. The van der Waals surface area contributed by atoms with Crippen molar-refractivity contribution in [3.8, 4) is 11.4 Å². The van der Waals surface area contributed by atoms with Crippen LogP contribution in [0.4, 0.5) is 26.3 Å². The van der Waals surface area contributed by atoms with Crippen molar-refractivity contribution in [2.75, 3.05) is 6.54 Å². The van der Waals surface area contributed by atoms with E-state index in [1.807, 2.05) is 6.92 Å². The number of ketones is 1. The van der Waals surface area contributed by atoms with Crippen molar-refractivity contribution in [2.24, 2.45) is 5.73 Å². The molecule has 13 heteroatoms. The summed E-state index contributed by atoms with van der Waals surface area (Å²) in [5, 5.41) is 5.86. The van der Waals surface area contributed by atoms with Gasteiger partial charge in [-0.1, -0.05) is 44.2 Å². The predicted molar refractivity (Wildman–Crippen MR) is 127 cm³/mol. The lowest BCUT2D eigenvalue weighted by Gasteiger charge is -2.14. The van der Waals surface area contributed by atoms with Crippen molar-refractivity contribution in [3.63, 3.8) is 0 Å². The minimum atomic E-state index is -4.94. The number of nitrogens with zero attached hydrogens (tertiary/aromatic N) is 2. The second kappa shape index (κ2) is 13.1. The first-order valence-corrected chi connectivity index (χ1v) is 11.4. The molecule has 3 aromatic rings. The molecule has 2 aromatic carbocycles. The number of halogens is 6. The number of amides is 1. The third-order valence-electron chi connectivity index (χ3n) is 5.06. The number of carbonyl (C=O) groups is 2. The van der Waals surface area contributed by atoms with E-state index in [9.17, 15) is 35.9 Å². The van der Waals surface area contributed by atoms with Crippen LogP contribution in [0.15, 0.2) is 54.6 Å². The Balaban J connectivity index is 0.000000757. The fourth-order valence-electron chi connectivity index (χ4n) is 3.07. The fraction of sp³-hybridized carbons (Fsp3) is 0.320. The highest BCUT2D eigenvalue weighted by atomic mass is 19.4. The number of alkyl halides is 6. The topological polar surface area (TPSA) is 99.2 Å². The van der Waals surface area contributed by atoms with Crippen LogP contribution in [0.5, 0.6) is 5.75 Å². The number of hydrogen-bond acceptors (Lipinski definition) is 5. The normalized spacial score (nSPS) is 11.4. The Morgan fingerprint density at radius 1 is 1.00 bits per heavy atom. The highest BCUT2D eigenvalue weighted by molar-refractivity contribution is 5.93. The molecule has 0 radical (unpaired) electrons. The van der Waals surface area contributed by atoms with E-state index in [4.69, 9.17) is 5.73 Å². The molecule has 0 spiro atoms. The monoisotopic (exact) mass is 544 g/mol. The lowest BCUT2D eigenvalue weighted by atomic mass is 10.1. The van der Waals surface area contributed by atoms with Crippen molar-refractivity contribution in [1.82, 2.24) is 15.1 Å². The molecular formula is C25H26F6N4O3. The predicted octanol–water partition coefficient (Wildman–Crippen LogP) is 5.21. The van der Waals surface area contributed by atoms with Crippen LogP contribution in [0, 0.1) is 0 Å². The van der Waals surface area contributed by atoms with Gasteiger partial charge in [0.15, 0.2) is 5.69 Å². The molecule has 7 nitrogen and oxygen atoms in total. The Kier molecular flexibility index (Phi) is 10.5. The van der Waals surface area contributed by atoms with Gasteiger partial charge in [0, 0.05) is 24.6 Å². The molecule has 0 unspecified atom stereocenters. The van der Waals surface area contributed by atoms with Crippen molar-refractivity contribution >= 4 is 11.7 Å². The van der Waals surface area contributed by atoms with Gasteiger partial charge in [-0.05, 0) is 30.2 Å². The zero-order chi connectivity index (χ0) is 28.5. The summed E-state index contributed by atoms with van der Waals surface area (Å²) in [4.78, 5) is 22.8. The van der Waals surface area contributed by atoms with Gasteiger partial charge in [0.25, 0.3) is 5.91 Å². The first kappa shape index (κ1) is 30.4. The van der Waals surface area contributed by atoms with E-state index in [2.05, 4.69) is 15.2 Å². The van der Waals surface area contributed by atoms with Crippen LogP contribution in [0.2, 0.25) is 0 Å². The number of aromatic nitrogens is 2. The number of rotatable bonds is 8. The summed E-state index contributed by atoms with van der Waals surface area (Å²) in [6, 6.07) is 12.2. The summed E-state index contributed by atoms with van der Waals surface area (Å²) in [5.41, 5.74) is 4.29. The smallest absolute Gasteiger partial charge is 0.405 e. The van der Waals surface area contributed by atoms with Gasteiger partial charge in [0.1, 0.15) is 17.2 Å². The maximum Gasteiger partial charge on any atom is 0.573 e. The van der Waals surface area contributed by atoms with Crippen LogP contribution < -0.4 is 15.8 Å². The molecule has 0 bridgehead atoms. The summed E-state index contributed by atoms with van der Waals surface area (Å²) in [6.07, 6.45) is -8.56. The molecule has 206 valence electrons. The maximum atomic E-state index is 13.2. The van der Waals surface area contributed by atoms with Gasteiger partial charge in [0.2, 0.25) is 0 Å². The van der Waals surface area contributed by atoms with Crippen molar-refractivity contribution < 1.29 is 40.7 Å². The van der Waals surface area contributed by atoms with Gasteiger partial charge in [0.05, 0.1) is 12.2 Å². The molecule has 0 aliphatic heterocycles. The average Bonchev–Trinajstić information content (AvgIpc) is 3.33. The van der Waals surface area contributed by atoms with Crippen LogP contribution in [0.1, 0.15) is 47.6 Å². The number of nitrogens with one attached hydrogen (secondary N) is 1. The zero-order valence-corrected chi connectivity index (χ0v) is 20.5. The molecule has 0 saturated heterocycles. The van der Waals surface area contributed by atoms with Crippen LogP contribution in [-0.2, 0) is 23.9 Å². The van der Waals surface area contributed by atoms with E-state index in [-0.39, 0.29) is 23.6 Å². The van der Waals surface area contributed by atoms with E-state index in [0.717, 1.165) is 16.3 Å². The quantitative estimate of drug-likeness (QED) is 0.380. The number of carbonyl (C=O) groups excluding carboxylic acids is 2. The summed E-state index contributed by atoms with van der Waals surface area (Å²) < 4.78 is 82.2. The van der Waals surface area contributed by atoms with Gasteiger partial charge in [-0.2, -0.15) is 18.3 Å². The number of Topliss-reactive ketones (excluding diaryl/α,β-unsaturated/α-hetero) is 1. The van der Waals surface area contributed by atoms with E-state index in [0.29, 0.717) is 18.9 Å². The SMILES string of the molecule is CCC(=O)CN.CCc1cccc(-n2nc(C(F)(F)F)cc2C(=O)NCc2ccccc2OC(F)(F)F)c1. The number of hydrogen-bond donors (Lipinski definition) is 2. The Morgan fingerprint density at radius 2 is 1.68 bits per heavy atom. The largest absolute Gasteiger partial charge is 0.573 e. The van der Waals surface area contributed by atoms with E-state index >= 15 is 0 Å². The molecule has 0 aliphatic rings. The Hall–Kier alpha value is -3.87. The number of ether oxygens (including phenoxy) is 1. The van der Waals surface area contributed by atoms with Crippen molar-refractivity contribution in [1.29, 1.82) is 0 Å². The fourth-order valence-corrected chi connectivity index (χ4v) is 3.07. The number of benzene rings is 2. The van der Waals surface area contributed by atoms with Gasteiger partial charge in [-0.15, -0.1) is 13.2 Å². The Morgan fingerprint density at radius 3 is 2.24 bits per heavy atom. The summed E-state index contributed by atoms with van der Waals surface area (Å²) in [7, 11) is 0. The van der Waals surface area contributed by atoms with E-state index in [1.54, 1.807) is 25.1 Å². The number of para-hydroxylation sites is 1. The lowest BCUT2D eigenvalue weighted by Crippen LogP contribution is -2.26. The zero-order valence-electron chi connectivity index (χ0n) is 20.5. The molecule has 38 heavy (non-hydrogen) atoms. The van der Waals surface area contributed by atoms with Crippen LogP contribution in [-0.4, -0.2) is 34.4 Å². The molecule has 0 saturated carbocycles. The summed E-state index contributed by atoms with van der Waals surface area (Å²) in [6.45, 7) is 3.44. The summed E-state index contributed by atoms with van der Waals surface area (Å²) in [5.74, 6) is -1.35.